The molecule has 3 heteroatoms. The number of furan rings is 1. The van der Waals surface area contributed by atoms with E-state index in [9.17, 15) is 0 Å². The fraction of sp³-hybridized carbons (Fsp3) is 0.714. The van der Waals surface area contributed by atoms with E-state index >= 15 is 0 Å². The van der Waals surface area contributed by atoms with E-state index in [4.69, 9.17) is 4.42 Å². The van der Waals surface area contributed by atoms with E-state index in [-0.39, 0.29) is 0 Å². The molecule has 1 fully saturated rings. The van der Waals surface area contributed by atoms with Crippen LogP contribution < -0.4 is 5.32 Å². The van der Waals surface area contributed by atoms with Crippen molar-refractivity contribution < 1.29 is 4.42 Å². The quantitative estimate of drug-likeness (QED) is 0.852. The molecule has 0 bridgehead atoms. The molecular formula is C14H24N2O. The molecule has 96 valence electrons. The Hall–Kier alpha value is -0.800. The molecule has 2 unspecified atom stereocenters. The highest BCUT2D eigenvalue weighted by molar-refractivity contribution is 5.08. The summed E-state index contributed by atoms with van der Waals surface area (Å²) < 4.78 is 5.62. The summed E-state index contributed by atoms with van der Waals surface area (Å²) in [5.41, 5.74) is 0. The normalized spacial score (nSPS) is 23.1. The van der Waals surface area contributed by atoms with Gasteiger partial charge in [0.15, 0.2) is 0 Å². The summed E-state index contributed by atoms with van der Waals surface area (Å²) in [7, 11) is 2.23. The monoisotopic (exact) mass is 236 g/mol. The summed E-state index contributed by atoms with van der Waals surface area (Å²) in [4.78, 5) is 2.48. The van der Waals surface area contributed by atoms with Crippen molar-refractivity contribution in [2.75, 3.05) is 20.1 Å². The zero-order valence-corrected chi connectivity index (χ0v) is 11.2. The van der Waals surface area contributed by atoms with Crippen LogP contribution in [0.1, 0.15) is 43.7 Å². The Labute approximate surface area is 104 Å². The molecule has 0 aliphatic carbocycles. The summed E-state index contributed by atoms with van der Waals surface area (Å²) in [5.74, 6) is 2.03. The van der Waals surface area contributed by atoms with Gasteiger partial charge in [0.2, 0.25) is 0 Å². The second kappa shape index (κ2) is 5.69. The lowest BCUT2D eigenvalue weighted by Gasteiger charge is -2.20. The number of nitrogens with one attached hydrogen (secondary N) is 1. The van der Waals surface area contributed by atoms with Crippen LogP contribution in [0.25, 0.3) is 0 Å². The topological polar surface area (TPSA) is 28.4 Å². The lowest BCUT2D eigenvalue weighted by molar-refractivity contribution is 0.288. The minimum absolute atomic E-state index is 0.315. The molecule has 2 heterocycles. The van der Waals surface area contributed by atoms with E-state index in [1.165, 1.54) is 25.8 Å². The Kier molecular flexibility index (Phi) is 4.24. The lowest BCUT2D eigenvalue weighted by atomic mass is 10.1. The Morgan fingerprint density at radius 1 is 1.53 bits per heavy atom. The van der Waals surface area contributed by atoms with Crippen molar-refractivity contribution in [2.24, 2.45) is 0 Å². The molecule has 1 saturated heterocycles. The molecule has 0 radical (unpaired) electrons. The first-order valence-corrected chi connectivity index (χ1v) is 6.67. The van der Waals surface area contributed by atoms with Gasteiger partial charge in [-0.1, -0.05) is 0 Å². The van der Waals surface area contributed by atoms with Gasteiger partial charge in [0.25, 0.3) is 0 Å². The molecule has 1 aliphatic rings. The summed E-state index contributed by atoms with van der Waals surface area (Å²) in [6.45, 7) is 6.48. The highest BCUT2D eigenvalue weighted by Crippen LogP contribution is 2.19. The van der Waals surface area contributed by atoms with Gasteiger partial charge < -0.3 is 14.6 Å². The van der Waals surface area contributed by atoms with Gasteiger partial charge in [-0.05, 0) is 65.4 Å². The highest BCUT2D eigenvalue weighted by atomic mass is 16.3. The Morgan fingerprint density at radius 3 is 2.94 bits per heavy atom. The van der Waals surface area contributed by atoms with Crippen molar-refractivity contribution in [1.29, 1.82) is 0 Å². The molecule has 17 heavy (non-hydrogen) atoms. The molecule has 3 nitrogen and oxygen atoms in total. The van der Waals surface area contributed by atoms with Gasteiger partial charge in [-0.2, -0.15) is 0 Å². The molecule has 0 spiro atoms. The molecule has 1 aromatic rings. The summed E-state index contributed by atoms with van der Waals surface area (Å²) in [5, 5.41) is 3.54. The maximum atomic E-state index is 5.62. The van der Waals surface area contributed by atoms with Gasteiger partial charge >= 0.3 is 0 Å². The maximum Gasteiger partial charge on any atom is 0.120 e. The third kappa shape index (κ3) is 3.33. The van der Waals surface area contributed by atoms with E-state index in [1.54, 1.807) is 0 Å². The summed E-state index contributed by atoms with van der Waals surface area (Å²) >= 11 is 0. The van der Waals surface area contributed by atoms with Gasteiger partial charge in [-0.3, -0.25) is 0 Å². The van der Waals surface area contributed by atoms with E-state index in [0.29, 0.717) is 6.04 Å². The maximum absolute atomic E-state index is 5.62. The van der Waals surface area contributed by atoms with Crippen LogP contribution in [-0.4, -0.2) is 31.1 Å². The average molecular weight is 236 g/mol. The molecule has 1 aromatic heterocycles. The third-order valence-corrected chi connectivity index (χ3v) is 3.79. The predicted molar refractivity (Wildman–Crippen MR) is 70.1 cm³/mol. The molecular weight excluding hydrogens is 212 g/mol. The largest absolute Gasteiger partial charge is 0.465 e. The lowest BCUT2D eigenvalue weighted by Crippen LogP contribution is -2.30. The minimum atomic E-state index is 0.315. The smallest absolute Gasteiger partial charge is 0.120 e. The van der Waals surface area contributed by atoms with E-state index < -0.39 is 0 Å². The van der Waals surface area contributed by atoms with Crippen LogP contribution in [0.4, 0.5) is 0 Å². The van der Waals surface area contributed by atoms with Crippen molar-refractivity contribution in [2.45, 2.75) is 45.2 Å². The van der Waals surface area contributed by atoms with E-state index in [1.807, 2.05) is 13.0 Å². The number of rotatable bonds is 5. The number of hydrogen-bond acceptors (Lipinski definition) is 3. The Balaban J connectivity index is 1.71. The minimum Gasteiger partial charge on any atom is -0.465 e. The van der Waals surface area contributed by atoms with Crippen molar-refractivity contribution in [3.8, 4) is 0 Å². The van der Waals surface area contributed by atoms with Crippen LogP contribution in [0.5, 0.6) is 0 Å². The molecule has 1 N–H and O–H groups in total. The van der Waals surface area contributed by atoms with Crippen LogP contribution in [0.3, 0.4) is 0 Å². The van der Waals surface area contributed by atoms with Crippen molar-refractivity contribution in [1.82, 2.24) is 10.2 Å². The number of likely N-dealkylation sites (tertiary alicyclic amines) is 1. The van der Waals surface area contributed by atoms with Gasteiger partial charge in [0.1, 0.15) is 11.5 Å². The predicted octanol–water partition coefficient (Wildman–Crippen LogP) is 2.72. The van der Waals surface area contributed by atoms with Crippen molar-refractivity contribution in [3.63, 3.8) is 0 Å². The highest BCUT2D eigenvalue weighted by Gasteiger charge is 2.20. The first kappa shape index (κ1) is 12.7. The Bertz CT molecular complexity index is 348. The van der Waals surface area contributed by atoms with Crippen LogP contribution in [0, 0.1) is 6.92 Å². The molecule has 0 aromatic carbocycles. The van der Waals surface area contributed by atoms with E-state index in [2.05, 4.69) is 30.3 Å². The molecule has 1 aliphatic heterocycles. The summed E-state index contributed by atoms with van der Waals surface area (Å²) in [6, 6.07) is 5.18. The summed E-state index contributed by atoms with van der Waals surface area (Å²) in [6.07, 6.45) is 3.95. The fourth-order valence-electron chi connectivity index (χ4n) is 2.60. The molecule has 0 amide bonds. The average Bonchev–Trinajstić information content (AvgIpc) is 2.88. The first-order valence-electron chi connectivity index (χ1n) is 6.67. The number of hydrogen-bond donors (Lipinski definition) is 1. The standard InChI is InChI=1S/C14H24N2O/c1-11-6-7-14(17-11)12(2)15-9-8-13-5-4-10-16(13)3/h6-7,12-13,15H,4-5,8-10H2,1-3H3. The Morgan fingerprint density at radius 2 is 2.35 bits per heavy atom. The zero-order valence-electron chi connectivity index (χ0n) is 11.2. The van der Waals surface area contributed by atoms with Gasteiger partial charge in [0.05, 0.1) is 6.04 Å². The SMILES string of the molecule is Cc1ccc(C(C)NCCC2CCCN2C)o1. The van der Waals surface area contributed by atoms with Crippen molar-refractivity contribution >= 4 is 0 Å². The van der Waals surface area contributed by atoms with Gasteiger partial charge in [-0.15, -0.1) is 0 Å². The number of nitrogens with zero attached hydrogens (tertiary/aromatic N) is 1. The molecule has 2 atom stereocenters. The first-order chi connectivity index (χ1) is 8.16. The zero-order chi connectivity index (χ0) is 12.3. The second-order valence-corrected chi connectivity index (χ2v) is 5.19. The van der Waals surface area contributed by atoms with Crippen LogP contribution in [0.2, 0.25) is 0 Å². The van der Waals surface area contributed by atoms with Crippen LogP contribution in [-0.2, 0) is 0 Å². The molecule has 2 rings (SSSR count). The van der Waals surface area contributed by atoms with Gasteiger partial charge in [0, 0.05) is 6.04 Å². The fourth-order valence-corrected chi connectivity index (χ4v) is 2.60. The second-order valence-electron chi connectivity index (χ2n) is 5.19. The van der Waals surface area contributed by atoms with Gasteiger partial charge in [-0.25, -0.2) is 0 Å². The molecule has 0 saturated carbocycles. The van der Waals surface area contributed by atoms with Crippen LogP contribution >= 0.6 is 0 Å². The van der Waals surface area contributed by atoms with Crippen molar-refractivity contribution in [3.05, 3.63) is 23.7 Å². The van der Waals surface area contributed by atoms with Crippen LogP contribution in [0.15, 0.2) is 16.5 Å². The third-order valence-electron chi connectivity index (χ3n) is 3.79. The number of aryl methyl sites for hydroxylation is 1. The van der Waals surface area contributed by atoms with E-state index in [0.717, 1.165) is 24.1 Å².